The van der Waals surface area contributed by atoms with E-state index in [-0.39, 0.29) is 32.1 Å². The summed E-state index contributed by atoms with van der Waals surface area (Å²) >= 11 is 0. The van der Waals surface area contributed by atoms with Gasteiger partial charge in [0.05, 0.1) is 7.11 Å². The van der Waals surface area contributed by atoms with Gasteiger partial charge in [0.1, 0.15) is 22.3 Å². The van der Waals surface area contributed by atoms with Gasteiger partial charge in [-0.05, 0) is 42.5 Å². The smallest absolute Gasteiger partial charge is 0.253 e. The number of benzene rings is 2. The molecule has 1 fully saturated rings. The van der Waals surface area contributed by atoms with E-state index in [0.717, 1.165) is 16.4 Å². The van der Waals surface area contributed by atoms with Crippen LogP contribution in [0.2, 0.25) is 0 Å². The fourth-order valence-electron chi connectivity index (χ4n) is 2.86. The lowest BCUT2D eigenvalue weighted by Gasteiger charge is -2.34. The molecule has 0 bridgehead atoms. The summed E-state index contributed by atoms with van der Waals surface area (Å²) < 4.78 is 58.5. The first-order valence-corrected chi connectivity index (χ1v) is 9.65. The molecule has 6 nitrogen and oxygen atoms in total. The number of ether oxygens (including phenoxy) is 1. The van der Waals surface area contributed by atoms with Crippen molar-refractivity contribution in [1.29, 1.82) is 0 Å². The summed E-state index contributed by atoms with van der Waals surface area (Å²) in [6.45, 7) is 0.308. The highest BCUT2D eigenvalue weighted by molar-refractivity contribution is 7.89. The molecule has 2 aromatic carbocycles. The minimum atomic E-state index is -4.17. The van der Waals surface area contributed by atoms with Crippen molar-refractivity contribution in [2.75, 3.05) is 33.3 Å². The molecule has 0 saturated carbocycles. The van der Waals surface area contributed by atoms with Gasteiger partial charge in [0.2, 0.25) is 10.0 Å². The topological polar surface area (TPSA) is 66.9 Å². The molecule has 2 aromatic rings. The molecular weight excluding hydrogens is 378 g/mol. The molecule has 9 heteroatoms. The van der Waals surface area contributed by atoms with Gasteiger partial charge >= 0.3 is 0 Å². The number of carbonyl (C=O) groups is 1. The number of hydrogen-bond donors (Lipinski definition) is 0. The van der Waals surface area contributed by atoms with Crippen LogP contribution >= 0.6 is 0 Å². The van der Waals surface area contributed by atoms with Gasteiger partial charge in [-0.3, -0.25) is 4.79 Å². The Hall–Kier alpha value is -2.52. The van der Waals surface area contributed by atoms with Crippen LogP contribution in [0.1, 0.15) is 10.4 Å². The fourth-order valence-corrected chi connectivity index (χ4v) is 4.36. The molecule has 1 saturated heterocycles. The second kappa shape index (κ2) is 7.61. The fraction of sp³-hybridized carbons (Fsp3) is 0.278. The Kier molecular flexibility index (Phi) is 5.43. The highest BCUT2D eigenvalue weighted by atomic mass is 32.2. The van der Waals surface area contributed by atoms with Crippen molar-refractivity contribution in [3.8, 4) is 5.75 Å². The zero-order valence-electron chi connectivity index (χ0n) is 14.6. The van der Waals surface area contributed by atoms with Crippen molar-refractivity contribution < 1.29 is 26.7 Å². The Bertz CT molecular complexity index is 940. The maximum absolute atomic E-state index is 13.9. The van der Waals surface area contributed by atoms with Crippen molar-refractivity contribution >= 4 is 15.9 Å². The first-order valence-electron chi connectivity index (χ1n) is 8.21. The molecule has 1 heterocycles. The van der Waals surface area contributed by atoms with Crippen LogP contribution in [0.15, 0.2) is 47.4 Å². The van der Waals surface area contributed by atoms with E-state index in [1.54, 1.807) is 24.3 Å². The molecule has 144 valence electrons. The summed E-state index contributed by atoms with van der Waals surface area (Å²) in [7, 11) is -2.65. The lowest BCUT2D eigenvalue weighted by molar-refractivity contribution is 0.0697. The standard InChI is InChI=1S/C18H18F2N2O4S/c1-26-15-5-2-13(3-6-15)18(23)21-8-10-22(11-9-21)27(24,25)17-12-14(19)4-7-16(17)20/h2-7,12H,8-11H2,1H3. The van der Waals surface area contributed by atoms with E-state index < -0.39 is 26.6 Å². The van der Waals surface area contributed by atoms with Gasteiger partial charge in [0, 0.05) is 31.7 Å². The van der Waals surface area contributed by atoms with Crippen molar-refractivity contribution in [2.45, 2.75) is 4.90 Å². The number of amides is 1. The van der Waals surface area contributed by atoms with E-state index in [9.17, 15) is 22.0 Å². The molecule has 3 rings (SSSR count). The maximum Gasteiger partial charge on any atom is 0.253 e. The summed E-state index contributed by atoms with van der Waals surface area (Å²) in [6.07, 6.45) is 0. The number of sulfonamides is 1. The quantitative estimate of drug-likeness (QED) is 0.794. The van der Waals surface area contributed by atoms with E-state index in [1.807, 2.05) is 0 Å². The van der Waals surface area contributed by atoms with Gasteiger partial charge < -0.3 is 9.64 Å². The Morgan fingerprint density at radius 3 is 2.22 bits per heavy atom. The van der Waals surface area contributed by atoms with Crippen LogP contribution < -0.4 is 4.74 Å². The van der Waals surface area contributed by atoms with Crippen molar-refractivity contribution in [3.63, 3.8) is 0 Å². The molecular formula is C18H18F2N2O4S. The van der Waals surface area contributed by atoms with E-state index in [1.165, 1.54) is 12.0 Å². The average molecular weight is 396 g/mol. The van der Waals surface area contributed by atoms with Crippen LogP contribution in [-0.2, 0) is 10.0 Å². The number of carbonyl (C=O) groups excluding carboxylic acids is 1. The molecule has 0 aliphatic carbocycles. The third kappa shape index (κ3) is 3.93. The van der Waals surface area contributed by atoms with Gasteiger partial charge in [-0.25, -0.2) is 17.2 Å². The Labute approximate surface area is 156 Å². The molecule has 0 aromatic heterocycles. The highest BCUT2D eigenvalue weighted by Gasteiger charge is 2.32. The summed E-state index contributed by atoms with van der Waals surface area (Å²) in [5.41, 5.74) is 0.461. The predicted octanol–water partition coefficient (Wildman–Crippen LogP) is 2.12. The molecule has 0 atom stereocenters. The number of hydrogen-bond acceptors (Lipinski definition) is 4. The second-order valence-electron chi connectivity index (χ2n) is 6.00. The molecule has 27 heavy (non-hydrogen) atoms. The minimum Gasteiger partial charge on any atom is -0.497 e. The van der Waals surface area contributed by atoms with E-state index in [0.29, 0.717) is 17.4 Å². The monoisotopic (exact) mass is 396 g/mol. The Morgan fingerprint density at radius 1 is 1.00 bits per heavy atom. The van der Waals surface area contributed by atoms with Crippen LogP contribution in [0.5, 0.6) is 5.75 Å². The number of rotatable bonds is 4. The van der Waals surface area contributed by atoms with Crippen LogP contribution in [0.25, 0.3) is 0 Å². The van der Waals surface area contributed by atoms with Crippen LogP contribution in [-0.4, -0.2) is 56.8 Å². The Morgan fingerprint density at radius 2 is 1.63 bits per heavy atom. The molecule has 1 amide bonds. The number of nitrogens with zero attached hydrogens (tertiary/aromatic N) is 2. The van der Waals surface area contributed by atoms with E-state index in [2.05, 4.69) is 0 Å². The molecule has 1 aliphatic rings. The number of methoxy groups -OCH3 is 1. The zero-order chi connectivity index (χ0) is 19.6. The van der Waals surface area contributed by atoms with Crippen LogP contribution in [0, 0.1) is 11.6 Å². The third-order valence-corrected chi connectivity index (χ3v) is 6.29. The van der Waals surface area contributed by atoms with Gasteiger partial charge in [0.15, 0.2) is 0 Å². The maximum atomic E-state index is 13.9. The van der Waals surface area contributed by atoms with Crippen LogP contribution in [0.4, 0.5) is 8.78 Å². The molecule has 1 aliphatic heterocycles. The highest BCUT2D eigenvalue weighted by Crippen LogP contribution is 2.22. The van der Waals surface area contributed by atoms with Gasteiger partial charge in [-0.15, -0.1) is 0 Å². The summed E-state index contributed by atoms with van der Waals surface area (Å²) in [5.74, 6) is -1.44. The predicted molar refractivity (Wildman–Crippen MR) is 94.0 cm³/mol. The normalized spacial score (nSPS) is 15.6. The molecule has 0 spiro atoms. The summed E-state index contributed by atoms with van der Waals surface area (Å²) in [5, 5.41) is 0. The number of halogens is 2. The first kappa shape index (κ1) is 19.2. The lowest BCUT2D eigenvalue weighted by atomic mass is 10.2. The Balaban J connectivity index is 1.70. The largest absolute Gasteiger partial charge is 0.497 e. The molecule has 0 radical (unpaired) electrons. The SMILES string of the molecule is COc1ccc(C(=O)N2CCN(S(=O)(=O)c3cc(F)ccc3F)CC2)cc1. The van der Waals surface area contributed by atoms with Gasteiger partial charge in [-0.2, -0.15) is 4.31 Å². The molecule has 0 N–H and O–H groups in total. The van der Waals surface area contributed by atoms with Crippen LogP contribution in [0.3, 0.4) is 0 Å². The van der Waals surface area contributed by atoms with Crippen molar-refractivity contribution in [3.05, 3.63) is 59.7 Å². The zero-order valence-corrected chi connectivity index (χ0v) is 15.4. The lowest BCUT2D eigenvalue weighted by Crippen LogP contribution is -2.50. The summed E-state index contributed by atoms with van der Waals surface area (Å²) in [6, 6.07) is 8.91. The molecule has 0 unspecified atom stereocenters. The third-order valence-electron chi connectivity index (χ3n) is 4.37. The van der Waals surface area contributed by atoms with Gasteiger partial charge in [-0.1, -0.05) is 0 Å². The van der Waals surface area contributed by atoms with Crippen molar-refractivity contribution in [1.82, 2.24) is 9.21 Å². The van der Waals surface area contributed by atoms with Gasteiger partial charge in [0.25, 0.3) is 5.91 Å². The minimum absolute atomic E-state index is 0.000180. The summed E-state index contributed by atoms with van der Waals surface area (Å²) in [4.78, 5) is 13.4. The average Bonchev–Trinajstić information content (AvgIpc) is 2.69. The van der Waals surface area contributed by atoms with E-state index >= 15 is 0 Å². The number of piperazine rings is 1. The first-order chi connectivity index (χ1) is 12.8. The second-order valence-corrected chi connectivity index (χ2v) is 7.91. The van der Waals surface area contributed by atoms with E-state index in [4.69, 9.17) is 4.74 Å². The van der Waals surface area contributed by atoms with Crippen molar-refractivity contribution in [2.24, 2.45) is 0 Å².